The third kappa shape index (κ3) is 3.94. The van der Waals surface area contributed by atoms with Crippen molar-refractivity contribution in [3.05, 3.63) is 76.2 Å². The van der Waals surface area contributed by atoms with Crippen molar-refractivity contribution in [2.24, 2.45) is 7.05 Å². The van der Waals surface area contributed by atoms with E-state index >= 15 is 0 Å². The van der Waals surface area contributed by atoms with Crippen LogP contribution in [0.4, 0.5) is 11.6 Å². The minimum Gasteiger partial charge on any atom is -0.378 e. The van der Waals surface area contributed by atoms with Crippen molar-refractivity contribution in [1.82, 2.24) is 9.55 Å². The van der Waals surface area contributed by atoms with E-state index in [0.717, 1.165) is 12.1 Å². The third-order valence-corrected chi connectivity index (χ3v) is 4.54. The summed E-state index contributed by atoms with van der Waals surface area (Å²) in [6.07, 6.45) is 1.49. The van der Waals surface area contributed by atoms with Gasteiger partial charge in [-0.15, -0.1) is 0 Å². The fraction of sp³-hybridized carbons (Fsp3) is 0.238. The molecule has 0 aliphatic carbocycles. The van der Waals surface area contributed by atoms with Crippen molar-refractivity contribution in [2.45, 2.75) is 12.8 Å². The van der Waals surface area contributed by atoms with Gasteiger partial charge in [-0.3, -0.25) is 9.36 Å². The summed E-state index contributed by atoms with van der Waals surface area (Å²) in [6.45, 7) is 0. The van der Waals surface area contributed by atoms with E-state index in [0.29, 0.717) is 6.42 Å². The SMILES string of the molecule is CN(C)c1ccc(-c2cccc(CCc3cc(=O)n(C)c(N)n3)c2)cc1. The van der Waals surface area contributed by atoms with Crippen LogP contribution in [0.15, 0.2) is 59.4 Å². The van der Waals surface area contributed by atoms with Gasteiger partial charge < -0.3 is 10.6 Å². The van der Waals surface area contributed by atoms with E-state index in [4.69, 9.17) is 5.73 Å². The Morgan fingerprint density at radius 3 is 2.38 bits per heavy atom. The Morgan fingerprint density at radius 1 is 1.00 bits per heavy atom. The zero-order valence-electron chi connectivity index (χ0n) is 15.4. The van der Waals surface area contributed by atoms with Crippen LogP contribution in [-0.2, 0) is 19.9 Å². The van der Waals surface area contributed by atoms with Gasteiger partial charge >= 0.3 is 0 Å². The molecule has 0 saturated heterocycles. The molecule has 1 heterocycles. The van der Waals surface area contributed by atoms with E-state index in [2.05, 4.69) is 58.4 Å². The standard InChI is InChI=1S/C21H24N4O/c1-24(2)19-11-8-16(9-12-19)17-6-4-5-15(13-17)7-10-18-14-20(26)25(3)21(22)23-18/h4-6,8-9,11-14H,7,10H2,1-3H3,(H2,22,23). The molecule has 5 heteroatoms. The molecule has 0 saturated carbocycles. The molecule has 0 unspecified atom stereocenters. The van der Waals surface area contributed by atoms with Crippen LogP contribution in [0, 0.1) is 0 Å². The van der Waals surface area contributed by atoms with Crippen LogP contribution in [0.5, 0.6) is 0 Å². The molecule has 0 bridgehead atoms. The fourth-order valence-corrected chi connectivity index (χ4v) is 2.87. The van der Waals surface area contributed by atoms with Gasteiger partial charge in [-0.2, -0.15) is 0 Å². The molecule has 3 aromatic rings. The van der Waals surface area contributed by atoms with Gasteiger partial charge in [0.1, 0.15) is 0 Å². The van der Waals surface area contributed by atoms with Crippen LogP contribution in [0.25, 0.3) is 11.1 Å². The van der Waals surface area contributed by atoms with E-state index in [1.807, 2.05) is 14.1 Å². The molecule has 134 valence electrons. The Bertz CT molecular complexity index is 958. The maximum absolute atomic E-state index is 11.8. The van der Waals surface area contributed by atoms with Crippen molar-refractivity contribution in [3.8, 4) is 11.1 Å². The number of nitrogen functional groups attached to an aromatic ring is 1. The first-order chi connectivity index (χ1) is 12.4. The summed E-state index contributed by atoms with van der Waals surface area (Å²) in [5, 5.41) is 0. The van der Waals surface area contributed by atoms with Crippen LogP contribution in [-0.4, -0.2) is 23.6 Å². The number of aromatic nitrogens is 2. The number of rotatable bonds is 5. The molecule has 2 aromatic carbocycles. The maximum Gasteiger partial charge on any atom is 0.254 e. The monoisotopic (exact) mass is 348 g/mol. The molecule has 1 aromatic heterocycles. The minimum absolute atomic E-state index is 0.123. The molecule has 0 amide bonds. The van der Waals surface area contributed by atoms with Crippen molar-refractivity contribution in [2.75, 3.05) is 24.7 Å². The van der Waals surface area contributed by atoms with Crippen molar-refractivity contribution in [3.63, 3.8) is 0 Å². The molecular weight excluding hydrogens is 324 g/mol. The van der Waals surface area contributed by atoms with Crippen LogP contribution in [0.3, 0.4) is 0 Å². The van der Waals surface area contributed by atoms with Gasteiger partial charge in [0.25, 0.3) is 5.56 Å². The topological polar surface area (TPSA) is 64.2 Å². The Morgan fingerprint density at radius 2 is 1.73 bits per heavy atom. The van der Waals surface area contributed by atoms with Gasteiger partial charge in [-0.25, -0.2) is 4.98 Å². The highest BCUT2D eigenvalue weighted by Crippen LogP contribution is 2.23. The van der Waals surface area contributed by atoms with E-state index in [1.54, 1.807) is 13.1 Å². The maximum atomic E-state index is 11.8. The predicted molar refractivity (Wildman–Crippen MR) is 108 cm³/mol. The van der Waals surface area contributed by atoms with Gasteiger partial charge in [0.15, 0.2) is 0 Å². The van der Waals surface area contributed by atoms with Gasteiger partial charge in [0, 0.05) is 32.9 Å². The number of hydrogen-bond donors (Lipinski definition) is 1. The molecule has 2 N–H and O–H groups in total. The lowest BCUT2D eigenvalue weighted by molar-refractivity contribution is 0.806. The number of aryl methyl sites for hydroxylation is 2. The first-order valence-electron chi connectivity index (χ1n) is 8.63. The molecule has 0 atom stereocenters. The summed E-state index contributed by atoms with van der Waals surface area (Å²) < 4.78 is 1.35. The first-order valence-corrected chi connectivity index (χ1v) is 8.63. The second-order valence-electron chi connectivity index (χ2n) is 6.64. The van der Waals surface area contributed by atoms with E-state index in [-0.39, 0.29) is 11.5 Å². The average molecular weight is 348 g/mol. The second kappa shape index (κ2) is 7.44. The van der Waals surface area contributed by atoms with E-state index in [1.165, 1.54) is 26.9 Å². The summed E-state index contributed by atoms with van der Waals surface area (Å²) in [5.74, 6) is 0.252. The number of benzene rings is 2. The van der Waals surface area contributed by atoms with Crippen molar-refractivity contribution < 1.29 is 0 Å². The van der Waals surface area contributed by atoms with Crippen molar-refractivity contribution in [1.29, 1.82) is 0 Å². The predicted octanol–water partition coefficient (Wildman–Crippen LogP) is 2.88. The average Bonchev–Trinajstić information content (AvgIpc) is 2.64. The Balaban J connectivity index is 1.76. The van der Waals surface area contributed by atoms with Crippen LogP contribution in [0.2, 0.25) is 0 Å². The lowest BCUT2D eigenvalue weighted by Crippen LogP contribution is -2.21. The second-order valence-corrected chi connectivity index (χ2v) is 6.64. The number of hydrogen-bond acceptors (Lipinski definition) is 4. The molecule has 0 aliphatic heterocycles. The highest BCUT2D eigenvalue weighted by molar-refractivity contribution is 5.66. The first kappa shape index (κ1) is 17.7. The molecule has 5 nitrogen and oxygen atoms in total. The van der Waals surface area contributed by atoms with Crippen LogP contribution < -0.4 is 16.2 Å². The molecule has 0 aliphatic rings. The summed E-state index contributed by atoms with van der Waals surface area (Å²) in [5.41, 5.74) is 11.1. The van der Waals surface area contributed by atoms with E-state index in [9.17, 15) is 4.79 Å². The molecule has 0 spiro atoms. The smallest absolute Gasteiger partial charge is 0.254 e. The van der Waals surface area contributed by atoms with Crippen LogP contribution >= 0.6 is 0 Å². The molecular formula is C21H24N4O. The van der Waals surface area contributed by atoms with Gasteiger partial charge in [0.2, 0.25) is 5.95 Å². The van der Waals surface area contributed by atoms with Crippen molar-refractivity contribution >= 4 is 11.6 Å². The summed E-state index contributed by atoms with van der Waals surface area (Å²) in [7, 11) is 5.69. The Labute approximate surface area is 153 Å². The quantitative estimate of drug-likeness (QED) is 0.770. The van der Waals surface area contributed by atoms with Gasteiger partial charge in [0.05, 0.1) is 5.69 Å². The number of nitrogens with two attached hydrogens (primary N) is 1. The Hall–Kier alpha value is -3.08. The summed E-state index contributed by atoms with van der Waals surface area (Å²) >= 11 is 0. The van der Waals surface area contributed by atoms with Gasteiger partial charge in [-0.1, -0.05) is 36.4 Å². The summed E-state index contributed by atoms with van der Waals surface area (Å²) in [6, 6.07) is 18.5. The molecule has 3 rings (SSSR count). The lowest BCUT2D eigenvalue weighted by atomic mass is 10.00. The minimum atomic E-state index is -0.123. The third-order valence-electron chi connectivity index (χ3n) is 4.54. The normalized spacial score (nSPS) is 10.7. The summed E-state index contributed by atoms with van der Waals surface area (Å²) in [4.78, 5) is 18.2. The molecule has 0 fully saturated rings. The fourth-order valence-electron chi connectivity index (χ4n) is 2.87. The largest absolute Gasteiger partial charge is 0.378 e. The van der Waals surface area contributed by atoms with Gasteiger partial charge in [-0.05, 0) is 41.7 Å². The number of anilines is 2. The lowest BCUT2D eigenvalue weighted by Gasteiger charge is -2.13. The highest BCUT2D eigenvalue weighted by Gasteiger charge is 2.05. The van der Waals surface area contributed by atoms with E-state index < -0.39 is 0 Å². The number of nitrogens with zero attached hydrogens (tertiary/aromatic N) is 3. The van der Waals surface area contributed by atoms with Crippen LogP contribution in [0.1, 0.15) is 11.3 Å². The molecule has 0 radical (unpaired) electrons. The zero-order chi connectivity index (χ0) is 18.7. The Kier molecular flexibility index (Phi) is 5.07. The zero-order valence-corrected chi connectivity index (χ0v) is 15.4. The highest BCUT2D eigenvalue weighted by atomic mass is 16.1. The molecule has 26 heavy (non-hydrogen) atoms.